The van der Waals surface area contributed by atoms with Crippen LogP contribution in [0.15, 0.2) is 35.2 Å². The van der Waals surface area contributed by atoms with Gasteiger partial charge in [0.25, 0.3) is 0 Å². The van der Waals surface area contributed by atoms with Crippen molar-refractivity contribution in [1.82, 2.24) is 15.0 Å². The fourth-order valence-electron chi connectivity index (χ4n) is 4.06. The minimum absolute atomic E-state index is 0.00523. The van der Waals surface area contributed by atoms with Crippen LogP contribution in [-0.4, -0.2) is 35.5 Å². The number of rotatable bonds is 6. The van der Waals surface area contributed by atoms with E-state index in [0.717, 1.165) is 17.2 Å². The number of carbonyl (C=O) groups excluding carboxylic acids is 1. The minimum Gasteiger partial charge on any atom is -0.327 e. The fourth-order valence-corrected chi connectivity index (χ4v) is 5.71. The highest BCUT2D eigenvalue weighted by molar-refractivity contribution is 7.90. The van der Waals surface area contributed by atoms with Gasteiger partial charge in [-0.2, -0.15) is 13.2 Å². The van der Waals surface area contributed by atoms with Crippen molar-refractivity contribution in [3.05, 3.63) is 57.9 Å². The van der Waals surface area contributed by atoms with Crippen LogP contribution in [0.3, 0.4) is 0 Å². The summed E-state index contributed by atoms with van der Waals surface area (Å²) in [5, 5.41) is 3.16. The molecule has 13 heteroatoms. The molecule has 1 amide bonds. The van der Waals surface area contributed by atoms with Crippen LogP contribution < -0.4 is 10.2 Å². The average Bonchev–Trinajstić information content (AvgIpc) is 3.29. The zero-order valence-corrected chi connectivity index (χ0v) is 21.6. The van der Waals surface area contributed by atoms with Gasteiger partial charge >= 0.3 is 6.18 Å². The lowest BCUT2D eigenvalue weighted by Gasteiger charge is -2.28. The smallest absolute Gasteiger partial charge is 0.327 e. The van der Waals surface area contributed by atoms with Gasteiger partial charge in [-0.25, -0.2) is 23.4 Å². The molecule has 8 nitrogen and oxygen atoms in total. The van der Waals surface area contributed by atoms with Crippen molar-refractivity contribution in [1.29, 1.82) is 0 Å². The van der Waals surface area contributed by atoms with Gasteiger partial charge in [-0.05, 0) is 36.6 Å². The first-order valence-corrected chi connectivity index (χ1v) is 13.7. The van der Waals surface area contributed by atoms with E-state index in [1.165, 1.54) is 30.4 Å². The van der Waals surface area contributed by atoms with E-state index in [2.05, 4.69) is 20.3 Å². The number of halogens is 3. The molecule has 0 spiro atoms. The van der Waals surface area contributed by atoms with E-state index in [1.54, 1.807) is 17.0 Å². The molecule has 0 saturated carbocycles. The number of nitrogens with zero attached hydrogens (tertiary/aromatic N) is 4. The van der Waals surface area contributed by atoms with Crippen molar-refractivity contribution in [3.8, 4) is 0 Å². The molecule has 0 saturated heterocycles. The second kappa shape index (κ2) is 9.43. The zero-order chi connectivity index (χ0) is 26.4. The number of alkyl halides is 3. The summed E-state index contributed by atoms with van der Waals surface area (Å²) in [6, 6.07) is 6.64. The number of nitrogens with one attached hydrogen (secondary N) is 1. The van der Waals surface area contributed by atoms with Crippen molar-refractivity contribution in [2.24, 2.45) is 5.92 Å². The predicted octanol–water partition coefficient (Wildman–Crippen LogP) is 4.56. The van der Waals surface area contributed by atoms with Gasteiger partial charge in [-0.15, -0.1) is 0 Å². The van der Waals surface area contributed by atoms with Gasteiger partial charge in [-0.3, -0.25) is 4.79 Å². The summed E-state index contributed by atoms with van der Waals surface area (Å²) < 4.78 is 63.1. The van der Waals surface area contributed by atoms with Gasteiger partial charge in [0.15, 0.2) is 15.0 Å². The Morgan fingerprint density at radius 1 is 1.19 bits per heavy atom. The number of sulfone groups is 1. The summed E-state index contributed by atoms with van der Waals surface area (Å²) in [7, 11) is -3.32. The number of hydrogen-bond acceptors (Lipinski definition) is 8. The van der Waals surface area contributed by atoms with Crippen LogP contribution in [0.5, 0.6) is 0 Å². The Balaban J connectivity index is 1.51. The molecule has 0 fully saturated rings. The van der Waals surface area contributed by atoms with Gasteiger partial charge in [0, 0.05) is 11.9 Å². The molecule has 0 radical (unpaired) electrons. The minimum atomic E-state index is -4.58. The first-order valence-electron chi connectivity index (χ1n) is 11.0. The summed E-state index contributed by atoms with van der Waals surface area (Å²) in [4.78, 5) is 27.9. The fraction of sp³-hybridized carbons (Fsp3) is 0.391. The third kappa shape index (κ3) is 5.51. The lowest BCUT2D eigenvalue weighted by molar-refractivity contribution is -0.141. The number of benzene rings is 1. The number of carbonyl (C=O) groups is 1. The Morgan fingerprint density at radius 3 is 2.44 bits per heavy atom. The van der Waals surface area contributed by atoms with E-state index >= 15 is 0 Å². The number of thiazole rings is 1. The van der Waals surface area contributed by atoms with Crippen LogP contribution in [0.25, 0.3) is 0 Å². The van der Waals surface area contributed by atoms with E-state index < -0.39 is 21.7 Å². The van der Waals surface area contributed by atoms with Gasteiger partial charge in [0.05, 0.1) is 34.5 Å². The topological polar surface area (TPSA) is 105 Å². The molecule has 0 bridgehead atoms. The molecule has 1 aromatic carbocycles. The van der Waals surface area contributed by atoms with Crippen molar-refractivity contribution in [3.63, 3.8) is 0 Å². The van der Waals surface area contributed by atoms with Crippen LogP contribution in [0.1, 0.15) is 47.4 Å². The largest absolute Gasteiger partial charge is 0.433 e. The van der Waals surface area contributed by atoms with Gasteiger partial charge in [0.2, 0.25) is 11.9 Å². The Labute approximate surface area is 210 Å². The standard InChI is InChI=1S/C23H24F3N5O3S2/c1-12(2)20-19-16(11-31(20)21-27-13(3)9-17(28-21)23(24,25)26)35-22(30-19)29-18(32)10-14-5-7-15(8-6-14)36(4,33)34/h5-9,12,20H,10-11H2,1-4H3,(H,29,30,32)/t20-/m1/s1. The molecule has 1 N–H and O–H groups in total. The van der Waals surface area contributed by atoms with E-state index in [-0.39, 0.29) is 47.4 Å². The van der Waals surface area contributed by atoms with E-state index in [0.29, 0.717) is 16.4 Å². The maximum atomic E-state index is 13.3. The summed E-state index contributed by atoms with van der Waals surface area (Å²) in [6.07, 6.45) is -3.44. The SMILES string of the molecule is Cc1cc(C(F)(F)F)nc(N2Cc3sc(NC(=O)Cc4ccc(S(C)(=O)=O)cc4)nc3[C@H]2C(C)C)n1. The van der Waals surface area contributed by atoms with Gasteiger partial charge in [-0.1, -0.05) is 37.3 Å². The molecule has 0 unspecified atom stereocenters. The second-order valence-electron chi connectivity index (χ2n) is 8.98. The van der Waals surface area contributed by atoms with Crippen molar-refractivity contribution in [2.75, 3.05) is 16.5 Å². The molecule has 192 valence electrons. The average molecular weight is 540 g/mol. The molecule has 4 rings (SSSR count). The third-order valence-electron chi connectivity index (χ3n) is 5.64. The van der Waals surface area contributed by atoms with Gasteiger partial charge in [0.1, 0.15) is 5.69 Å². The summed E-state index contributed by atoms with van der Waals surface area (Å²) in [6.45, 7) is 5.65. The molecule has 36 heavy (non-hydrogen) atoms. The van der Waals surface area contributed by atoms with Crippen molar-refractivity contribution >= 4 is 38.2 Å². The summed E-state index contributed by atoms with van der Waals surface area (Å²) in [5.74, 6) is -0.331. The van der Waals surface area contributed by atoms with Crippen LogP contribution >= 0.6 is 11.3 Å². The highest BCUT2D eigenvalue weighted by Gasteiger charge is 2.40. The summed E-state index contributed by atoms with van der Waals surface area (Å²) >= 11 is 1.26. The molecule has 1 aliphatic heterocycles. The molecule has 0 aliphatic carbocycles. The monoisotopic (exact) mass is 539 g/mol. The number of hydrogen-bond donors (Lipinski definition) is 1. The number of aryl methyl sites for hydroxylation is 1. The van der Waals surface area contributed by atoms with Crippen LogP contribution in [0.4, 0.5) is 24.3 Å². The number of aromatic nitrogens is 3. The number of fused-ring (bicyclic) bond motifs is 1. The third-order valence-corrected chi connectivity index (χ3v) is 7.74. The molecular weight excluding hydrogens is 515 g/mol. The number of amides is 1. The molecule has 1 atom stereocenters. The Morgan fingerprint density at radius 2 is 1.86 bits per heavy atom. The van der Waals surface area contributed by atoms with Crippen molar-refractivity contribution in [2.45, 2.75) is 50.9 Å². The van der Waals surface area contributed by atoms with Crippen LogP contribution in [0.2, 0.25) is 0 Å². The number of anilines is 2. The van der Waals surface area contributed by atoms with Crippen molar-refractivity contribution < 1.29 is 26.4 Å². The predicted molar refractivity (Wildman–Crippen MR) is 130 cm³/mol. The molecule has 3 heterocycles. The zero-order valence-electron chi connectivity index (χ0n) is 19.9. The quantitative estimate of drug-likeness (QED) is 0.490. The molecule has 2 aromatic heterocycles. The van der Waals surface area contributed by atoms with Crippen LogP contribution in [-0.2, 0) is 33.8 Å². The van der Waals surface area contributed by atoms with Crippen LogP contribution in [0, 0.1) is 12.8 Å². The highest BCUT2D eigenvalue weighted by Crippen LogP contribution is 2.44. The van der Waals surface area contributed by atoms with Gasteiger partial charge < -0.3 is 10.2 Å². The maximum absolute atomic E-state index is 13.3. The molecular formula is C23H24F3N5O3S2. The maximum Gasteiger partial charge on any atom is 0.433 e. The Bertz CT molecular complexity index is 1400. The van der Waals surface area contributed by atoms with E-state index in [9.17, 15) is 26.4 Å². The Kier molecular flexibility index (Phi) is 6.82. The molecule has 3 aromatic rings. The lowest BCUT2D eigenvalue weighted by Crippen LogP contribution is -2.29. The normalized spacial score (nSPS) is 15.9. The molecule has 1 aliphatic rings. The van der Waals surface area contributed by atoms with E-state index in [1.807, 2.05) is 13.8 Å². The Hall–Kier alpha value is -3.06. The lowest BCUT2D eigenvalue weighted by atomic mass is 10.0. The first kappa shape index (κ1) is 26.0. The first-order chi connectivity index (χ1) is 16.7. The second-order valence-corrected chi connectivity index (χ2v) is 12.1. The summed E-state index contributed by atoms with van der Waals surface area (Å²) in [5.41, 5.74) is 0.553. The van der Waals surface area contributed by atoms with E-state index in [4.69, 9.17) is 0 Å². The highest BCUT2D eigenvalue weighted by atomic mass is 32.2.